The third-order valence-corrected chi connectivity index (χ3v) is 5.34. The van der Waals surface area contributed by atoms with E-state index in [1.807, 2.05) is 61.8 Å². The van der Waals surface area contributed by atoms with Crippen LogP contribution in [0.15, 0.2) is 79.0 Å². The zero-order valence-electron chi connectivity index (χ0n) is 16.7. The van der Waals surface area contributed by atoms with Crippen LogP contribution in [0.2, 0.25) is 0 Å². The molecule has 0 bridgehead atoms. The zero-order valence-corrected chi connectivity index (χ0v) is 16.7. The lowest BCUT2D eigenvalue weighted by molar-refractivity contribution is 0.0779. The predicted molar refractivity (Wildman–Crippen MR) is 117 cm³/mol. The van der Waals surface area contributed by atoms with Crippen LogP contribution in [-0.4, -0.2) is 49.0 Å². The van der Waals surface area contributed by atoms with Gasteiger partial charge in [0, 0.05) is 45.5 Å². The Balaban J connectivity index is 1.35. The van der Waals surface area contributed by atoms with Crippen molar-refractivity contribution < 1.29 is 4.79 Å². The van der Waals surface area contributed by atoms with Crippen molar-refractivity contribution >= 4 is 17.3 Å². The number of amides is 1. The van der Waals surface area contributed by atoms with Crippen LogP contribution < -0.4 is 9.80 Å². The Morgan fingerprint density at radius 1 is 0.828 bits per heavy atom. The van der Waals surface area contributed by atoms with Gasteiger partial charge in [0.1, 0.15) is 5.69 Å². The van der Waals surface area contributed by atoms with E-state index in [1.54, 1.807) is 4.90 Å². The minimum Gasteiger partial charge on any atom is -0.368 e. The molecule has 5 nitrogen and oxygen atoms in total. The summed E-state index contributed by atoms with van der Waals surface area (Å²) in [6.45, 7) is 4.41. The van der Waals surface area contributed by atoms with E-state index >= 15 is 0 Å². The smallest absolute Gasteiger partial charge is 0.272 e. The summed E-state index contributed by atoms with van der Waals surface area (Å²) in [6, 6.07) is 24.4. The van der Waals surface area contributed by atoms with E-state index in [9.17, 15) is 4.79 Å². The lowest BCUT2D eigenvalue weighted by Gasteiger charge is -2.37. The molecule has 5 heteroatoms. The molecular weight excluding hydrogens is 360 g/mol. The summed E-state index contributed by atoms with van der Waals surface area (Å²) in [5.41, 5.74) is 3.93. The molecule has 0 spiro atoms. The van der Waals surface area contributed by atoms with Gasteiger partial charge in [-0.15, -0.1) is 0 Å². The molecular formula is C24H26N4O. The summed E-state index contributed by atoms with van der Waals surface area (Å²) < 4.78 is 0. The van der Waals surface area contributed by atoms with Crippen molar-refractivity contribution in [3.8, 4) is 0 Å². The second-order valence-electron chi connectivity index (χ2n) is 7.36. The molecule has 0 N–H and O–H groups in total. The topological polar surface area (TPSA) is 39.7 Å². The Morgan fingerprint density at radius 3 is 2.00 bits per heavy atom. The number of carbonyl (C=O) groups is 1. The first-order valence-electron chi connectivity index (χ1n) is 10.0. The Labute approximate surface area is 172 Å². The molecule has 0 unspecified atom stereocenters. The first-order valence-corrected chi connectivity index (χ1v) is 10.0. The highest BCUT2D eigenvalue weighted by atomic mass is 16.2. The molecule has 1 aromatic heterocycles. The lowest BCUT2D eigenvalue weighted by atomic mass is 10.2. The predicted octanol–water partition coefficient (Wildman–Crippen LogP) is 3.68. The molecule has 4 rings (SSSR count). The molecule has 29 heavy (non-hydrogen) atoms. The molecule has 148 valence electrons. The Kier molecular flexibility index (Phi) is 5.75. The minimum atomic E-state index is -0.0608. The fourth-order valence-electron chi connectivity index (χ4n) is 3.69. The van der Waals surface area contributed by atoms with Crippen LogP contribution in [-0.2, 0) is 6.54 Å². The Hall–Kier alpha value is -3.34. The summed E-state index contributed by atoms with van der Waals surface area (Å²) in [7, 11) is 1.81. The number of pyridine rings is 1. The standard InChI is InChI=1S/C24H26N4O/c1-26(19-20-8-4-2-5-9-20)24(29)23-13-12-22(18-25-23)28-16-14-27(15-17-28)21-10-6-3-7-11-21/h2-13,18H,14-17,19H2,1H3. The lowest BCUT2D eigenvalue weighted by Crippen LogP contribution is -2.46. The number of anilines is 2. The van der Waals surface area contributed by atoms with Gasteiger partial charge in [-0.25, -0.2) is 4.98 Å². The highest BCUT2D eigenvalue weighted by Gasteiger charge is 2.19. The first kappa shape index (κ1) is 19.0. The number of para-hydroxylation sites is 1. The maximum absolute atomic E-state index is 12.7. The van der Waals surface area contributed by atoms with Gasteiger partial charge in [0.25, 0.3) is 5.91 Å². The largest absolute Gasteiger partial charge is 0.368 e. The summed E-state index contributed by atoms with van der Waals surface area (Å²) in [6.07, 6.45) is 1.82. The van der Waals surface area contributed by atoms with Crippen molar-refractivity contribution in [3.63, 3.8) is 0 Å². The Bertz CT molecular complexity index is 920. The van der Waals surface area contributed by atoms with Gasteiger partial charge in [-0.1, -0.05) is 48.5 Å². The van der Waals surface area contributed by atoms with E-state index in [0.29, 0.717) is 12.2 Å². The van der Waals surface area contributed by atoms with E-state index in [0.717, 1.165) is 37.4 Å². The number of carbonyl (C=O) groups excluding carboxylic acids is 1. The number of rotatable bonds is 5. The highest BCUT2D eigenvalue weighted by Crippen LogP contribution is 2.20. The van der Waals surface area contributed by atoms with E-state index < -0.39 is 0 Å². The van der Waals surface area contributed by atoms with Gasteiger partial charge in [-0.2, -0.15) is 0 Å². The minimum absolute atomic E-state index is 0.0608. The SMILES string of the molecule is CN(Cc1ccccc1)C(=O)c1ccc(N2CCN(c3ccccc3)CC2)cn1. The van der Waals surface area contributed by atoms with Gasteiger partial charge in [-0.3, -0.25) is 4.79 Å². The second-order valence-corrected chi connectivity index (χ2v) is 7.36. The van der Waals surface area contributed by atoms with Crippen LogP contribution in [0.1, 0.15) is 16.1 Å². The first-order chi connectivity index (χ1) is 14.2. The van der Waals surface area contributed by atoms with Crippen LogP contribution in [0.5, 0.6) is 0 Å². The van der Waals surface area contributed by atoms with Crippen molar-refractivity contribution in [2.24, 2.45) is 0 Å². The summed E-state index contributed by atoms with van der Waals surface area (Å²) in [5, 5.41) is 0. The van der Waals surface area contributed by atoms with Crippen molar-refractivity contribution in [3.05, 3.63) is 90.3 Å². The van der Waals surface area contributed by atoms with E-state index in [2.05, 4.69) is 39.0 Å². The quantitative estimate of drug-likeness (QED) is 0.671. The van der Waals surface area contributed by atoms with Crippen LogP contribution in [0, 0.1) is 0 Å². The zero-order chi connectivity index (χ0) is 20.1. The maximum atomic E-state index is 12.7. The van der Waals surface area contributed by atoms with Gasteiger partial charge in [-0.05, 0) is 29.8 Å². The number of hydrogen-bond donors (Lipinski definition) is 0. The van der Waals surface area contributed by atoms with Crippen LogP contribution in [0.4, 0.5) is 11.4 Å². The normalized spacial score (nSPS) is 14.0. The molecule has 1 amide bonds. The van der Waals surface area contributed by atoms with Crippen molar-refractivity contribution in [2.45, 2.75) is 6.54 Å². The number of nitrogens with zero attached hydrogens (tertiary/aromatic N) is 4. The van der Waals surface area contributed by atoms with Gasteiger partial charge >= 0.3 is 0 Å². The highest BCUT2D eigenvalue weighted by molar-refractivity contribution is 5.92. The third-order valence-electron chi connectivity index (χ3n) is 5.34. The van der Waals surface area contributed by atoms with Gasteiger partial charge in [0.2, 0.25) is 0 Å². The fourth-order valence-corrected chi connectivity index (χ4v) is 3.69. The van der Waals surface area contributed by atoms with Crippen LogP contribution in [0.3, 0.4) is 0 Å². The molecule has 2 aromatic carbocycles. The van der Waals surface area contributed by atoms with Crippen LogP contribution >= 0.6 is 0 Å². The van der Waals surface area contributed by atoms with E-state index in [4.69, 9.17) is 0 Å². The molecule has 1 fully saturated rings. The average Bonchev–Trinajstić information content (AvgIpc) is 2.80. The van der Waals surface area contributed by atoms with Crippen LogP contribution in [0.25, 0.3) is 0 Å². The van der Waals surface area contributed by atoms with Crippen molar-refractivity contribution in [1.29, 1.82) is 0 Å². The van der Waals surface area contributed by atoms with Gasteiger partial charge in [0.15, 0.2) is 0 Å². The molecule has 1 saturated heterocycles. The molecule has 0 radical (unpaired) electrons. The van der Waals surface area contributed by atoms with Crippen molar-refractivity contribution in [1.82, 2.24) is 9.88 Å². The van der Waals surface area contributed by atoms with E-state index in [-0.39, 0.29) is 5.91 Å². The maximum Gasteiger partial charge on any atom is 0.272 e. The molecule has 2 heterocycles. The molecule has 0 atom stereocenters. The van der Waals surface area contributed by atoms with Gasteiger partial charge < -0.3 is 14.7 Å². The van der Waals surface area contributed by atoms with Crippen molar-refractivity contribution in [2.75, 3.05) is 43.0 Å². The molecule has 0 aliphatic carbocycles. The summed E-state index contributed by atoms with van der Waals surface area (Å²) in [5.74, 6) is -0.0608. The monoisotopic (exact) mass is 386 g/mol. The molecule has 0 saturated carbocycles. The number of piperazine rings is 1. The van der Waals surface area contributed by atoms with Gasteiger partial charge in [0.05, 0.1) is 11.9 Å². The number of benzene rings is 2. The second kappa shape index (κ2) is 8.78. The fraction of sp³-hybridized carbons (Fsp3) is 0.250. The molecule has 1 aliphatic heterocycles. The summed E-state index contributed by atoms with van der Waals surface area (Å²) >= 11 is 0. The molecule has 1 aliphatic rings. The molecule has 3 aromatic rings. The number of aromatic nitrogens is 1. The third kappa shape index (κ3) is 4.57. The van der Waals surface area contributed by atoms with E-state index in [1.165, 1.54) is 5.69 Å². The number of hydrogen-bond acceptors (Lipinski definition) is 4. The Morgan fingerprint density at radius 2 is 1.41 bits per heavy atom. The summed E-state index contributed by atoms with van der Waals surface area (Å²) in [4.78, 5) is 23.6. The average molecular weight is 386 g/mol.